The largest absolute Gasteiger partial charge is 0.247 e. The molecule has 0 aliphatic rings. The summed E-state index contributed by atoms with van der Waals surface area (Å²) >= 11 is 0. The van der Waals surface area contributed by atoms with Crippen LogP contribution in [0, 0.1) is 29.6 Å². The Labute approximate surface area is 98.8 Å². The van der Waals surface area contributed by atoms with Crippen LogP contribution in [-0.2, 0) is 0 Å². The molecule has 0 saturated carbocycles. The van der Waals surface area contributed by atoms with Crippen molar-refractivity contribution in [2.45, 2.75) is 6.92 Å². The summed E-state index contributed by atoms with van der Waals surface area (Å²) in [5.74, 6) is 0. The molecule has 0 unspecified atom stereocenters. The van der Waals surface area contributed by atoms with Crippen LogP contribution in [-0.4, -0.2) is 9.97 Å². The standard InChI is InChI=1S/C13H8N4/c1-9-11(7-14)17-12(8-15)13(16-9)10-5-3-2-4-6-10/h2-6H,1H3. The molecule has 0 aliphatic carbocycles. The fraction of sp³-hybridized carbons (Fsp3) is 0.0769. The average molecular weight is 220 g/mol. The summed E-state index contributed by atoms with van der Waals surface area (Å²) in [7, 11) is 0. The normalized spacial score (nSPS) is 9.35. The van der Waals surface area contributed by atoms with Crippen molar-refractivity contribution in [3.05, 3.63) is 47.4 Å². The molecule has 2 aromatic rings. The van der Waals surface area contributed by atoms with Gasteiger partial charge in [0, 0.05) is 5.56 Å². The molecule has 4 heteroatoms. The van der Waals surface area contributed by atoms with E-state index in [1.807, 2.05) is 42.5 Å². The van der Waals surface area contributed by atoms with Gasteiger partial charge in [-0.3, -0.25) is 0 Å². The van der Waals surface area contributed by atoms with Crippen LogP contribution in [0.4, 0.5) is 0 Å². The highest BCUT2D eigenvalue weighted by Crippen LogP contribution is 2.20. The van der Waals surface area contributed by atoms with Gasteiger partial charge in [-0.05, 0) is 6.92 Å². The second-order valence-electron chi connectivity index (χ2n) is 3.44. The Morgan fingerprint density at radius 2 is 1.59 bits per heavy atom. The summed E-state index contributed by atoms with van der Waals surface area (Å²) in [6, 6.07) is 13.2. The molecule has 0 amide bonds. The molecule has 1 aromatic heterocycles. The molecule has 0 bridgehead atoms. The minimum Gasteiger partial charge on any atom is -0.247 e. The number of nitrogens with zero attached hydrogens (tertiary/aromatic N) is 4. The van der Waals surface area contributed by atoms with E-state index in [-0.39, 0.29) is 11.4 Å². The van der Waals surface area contributed by atoms with Gasteiger partial charge in [0.05, 0.1) is 5.69 Å². The third-order valence-electron chi connectivity index (χ3n) is 2.33. The molecule has 4 nitrogen and oxygen atoms in total. The van der Waals surface area contributed by atoms with Gasteiger partial charge in [0.1, 0.15) is 17.8 Å². The molecule has 0 aliphatic heterocycles. The van der Waals surface area contributed by atoms with E-state index in [1.165, 1.54) is 0 Å². The molecule has 0 spiro atoms. The zero-order chi connectivity index (χ0) is 12.3. The maximum atomic E-state index is 9.03. The van der Waals surface area contributed by atoms with Gasteiger partial charge in [-0.1, -0.05) is 30.3 Å². The third-order valence-corrected chi connectivity index (χ3v) is 2.33. The minimum atomic E-state index is 0.179. The maximum absolute atomic E-state index is 9.03. The summed E-state index contributed by atoms with van der Waals surface area (Å²) in [4.78, 5) is 8.28. The smallest absolute Gasteiger partial charge is 0.168 e. The monoisotopic (exact) mass is 220 g/mol. The lowest BCUT2D eigenvalue weighted by Crippen LogP contribution is -2.00. The van der Waals surface area contributed by atoms with E-state index >= 15 is 0 Å². The van der Waals surface area contributed by atoms with Gasteiger partial charge in [0.2, 0.25) is 0 Å². The van der Waals surface area contributed by atoms with Crippen molar-refractivity contribution in [3.8, 4) is 23.4 Å². The Morgan fingerprint density at radius 3 is 2.18 bits per heavy atom. The van der Waals surface area contributed by atoms with Crippen molar-refractivity contribution in [2.75, 3.05) is 0 Å². The van der Waals surface area contributed by atoms with E-state index in [4.69, 9.17) is 10.5 Å². The number of nitriles is 2. The molecule has 0 saturated heterocycles. The molecular formula is C13H8N4. The fourth-order valence-electron chi connectivity index (χ4n) is 1.50. The van der Waals surface area contributed by atoms with Crippen molar-refractivity contribution < 1.29 is 0 Å². The summed E-state index contributed by atoms with van der Waals surface area (Å²) < 4.78 is 0. The molecule has 0 fully saturated rings. The van der Waals surface area contributed by atoms with Crippen LogP contribution in [0.2, 0.25) is 0 Å². The molecule has 0 radical (unpaired) electrons. The van der Waals surface area contributed by atoms with Crippen molar-refractivity contribution in [1.82, 2.24) is 9.97 Å². The number of aromatic nitrogens is 2. The van der Waals surface area contributed by atoms with Crippen LogP contribution >= 0.6 is 0 Å². The highest BCUT2D eigenvalue weighted by Gasteiger charge is 2.11. The summed E-state index contributed by atoms with van der Waals surface area (Å²) in [6.07, 6.45) is 0. The number of hydrogen-bond acceptors (Lipinski definition) is 4. The molecule has 1 aromatic carbocycles. The third kappa shape index (κ3) is 1.97. The number of benzene rings is 1. The zero-order valence-corrected chi connectivity index (χ0v) is 9.18. The van der Waals surface area contributed by atoms with Crippen molar-refractivity contribution >= 4 is 0 Å². The van der Waals surface area contributed by atoms with Gasteiger partial charge < -0.3 is 0 Å². The highest BCUT2D eigenvalue weighted by molar-refractivity contribution is 5.65. The maximum Gasteiger partial charge on any atom is 0.168 e. The van der Waals surface area contributed by atoms with E-state index < -0.39 is 0 Å². The molecule has 0 atom stereocenters. The molecule has 2 rings (SSSR count). The average Bonchev–Trinajstić information content (AvgIpc) is 2.39. The Kier molecular flexibility index (Phi) is 2.81. The van der Waals surface area contributed by atoms with Gasteiger partial charge in [-0.25, -0.2) is 9.97 Å². The van der Waals surface area contributed by atoms with E-state index in [9.17, 15) is 0 Å². The van der Waals surface area contributed by atoms with Crippen molar-refractivity contribution in [3.63, 3.8) is 0 Å². The quantitative estimate of drug-likeness (QED) is 0.738. The van der Waals surface area contributed by atoms with E-state index in [2.05, 4.69) is 9.97 Å². The van der Waals surface area contributed by atoms with Gasteiger partial charge >= 0.3 is 0 Å². The summed E-state index contributed by atoms with van der Waals surface area (Å²) in [5, 5.41) is 17.9. The lowest BCUT2D eigenvalue weighted by molar-refractivity contribution is 1.07. The molecule has 1 heterocycles. The predicted molar refractivity (Wildman–Crippen MR) is 61.6 cm³/mol. The van der Waals surface area contributed by atoms with Crippen LogP contribution in [0.3, 0.4) is 0 Å². The summed E-state index contributed by atoms with van der Waals surface area (Å²) in [5.41, 5.74) is 2.25. The number of aryl methyl sites for hydroxylation is 1. The van der Waals surface area contributed by atoms with Crippen molar-refractivity contribution in [2.24, 2.45) is 0 Å². The molecule has 0 N–H and O–H groups in total. The Bertz CT molecular complexity index is 633. The molecule has 17 heavy (non-hydrogen) atoms. The van der Waals surface area contributed by atoms with Crippen LogP contribution < -0.4 is 0 Å². The van der Waals surface area contributed by atoms with Crippen LogP contribution in [0.15, 0.2) is 30.3 Å². The first-order valence-electron chi connectivity index (χ1n) is 5.00. The molecular weight excluding hydrogens is 212 g/mol. The van der Waals surface area contributed by atoms with E-state index in [1.54, 1.807) is 6.92 Å². The first-order valence-corrected chi connectivity index (χ1v) is 5.00. The lowest BCUT2D eigenvalue weighted by Gasteiger charge is -2.04. The van der Waals surface area contributed by atoms with Gasteiger partial charge in [-0.2, -0.15) is 10.5 Å². The second kappa shape index (κ2) is 4.42. The van der Waals surface area contributed by atoms with E-state index in [0.717, 1.165) is 5.56 Å². The first kappa shape index (κ1) is 10.8. The Hall–Kier alpha value is -2.72. The lowest BCUT2D eigenvalue weighted by atomic mass is 10.1. The number of hydrogen-bond donors (Lipinski definition) is 0. The SMILES string of the molecule is Cc1nc(-c2ccccc2)c(C#N)nc1C#N. The van der Waals surface area contributed by atoms with Gasteiger partial charge in [-0.15, -0.1) is 0 Å². The topological polar surface area (TPSA) is 73.4 Å². The molecule has 80 valence electrons. The van der Waals surface area contributed by atoms with Crippen LogP contribution in [0.1, 0.15) is 17.1 Å². The number of rotatable bonds is 1. The van der Waals surface area contributed by atoms with Gasteiger partial charge in [0.25, 0.3) is 0 Å². The van der Waals surface area contributed by atoms with Crippen molar-refractivity contribution in [1.29, 1.82) is 10.5 Å². The Morgan fingerprint density at radius 1 is 0.941 bits per heavy atom. The minimum absolute atomic E-state index is 0.179. The fourth-order valence-corrected chi connectivity index (χ4v) is 1.50. The van der Waals surface area contributed by atoms with Gasteiger partial charge in [0.15, 0.2) is 11.4 Å². The Balaban J connectivity index is 2.68. The highest BCUT2D eigenvalue weighted by atomic mass is 14.8. The second-order valence-corrected chi connectivity index (χ2v) is 3.44. The van der Waals surface area contributed by atoms with E-state index in [0.29, 0.717) is 11.4 Å². The summed E-state index contributed by atoms with van der Waals surface area (Å²) in [6.45, 7) is 1.71. The van der Waals surface area contributed by atoms with Crippen LogP contribution in [0.5, 0.6) is 0 Å². The zero-order valence-electron chi connectivity index (χ0n) is 9.18. The first-order chi connectivity index (χ1) is 8.26. The van der Waals surface area contributed by atoms with Crippen LogP contribution in [0.25, 0.3) is 11.3 Å². The predicted octanol–water partition coefficient (Wildman–Crippen LogP) is 2.20.